The summed E-state index contributed by atoms with van der Waals surface area (Å²) < 4.78 is 10.4. The molecule has 8 nitrogen and oxygen atoms in total. The van der Waals surface area contributed by atoms with Crippen molar-refractivity contribution in [3.05, 3.63) is 94.7 Å². The van der Waals surface area contributed by atoms with Crippen LogP contribution >= 0.6 is 22.7 Å². The summed E-state index contributed by atoms with van der Waals surface area (Å²) in [6.07, 6.45) is 0. The Hall–Kier alpha value is -4.54. The van der Waals surface area contributed by atoms with E-state index < -0.39 is 0 Å². The van der Waals surface area contributed by atoms with Crippen molar-refractivity contribution in [3.63, 3.8) is 0 Å². The molecule has 3 aromatic carbocycles. The molecule has 0 amide bonds. The molecule has 2 N–H and O–H groups in total. The number of aromatic nitrogens is 2. The van der Waals surface area contributed by atoms with E-state index in [0.717, 1.165) is 66.8 Å². The topological polar surface area (TPSA) is 93.0 Å². The molecule has 0 aliphatic rings. The maximum Gasteiger partial charge on any atom is 0.203 e. The second-order valence-corrected chi connectivity index (χ2v) is 10.4. The Labute approximate surface area is 241 Å². The summed E-state index contributed by atoms with van der Waals surface area (Å²) in [6, 6.07) is 23.8. The number of hydrazone groups is 2. The molecule has 5 rings (SSSR count). The van der Waals surface area contributed by atoms with Gasteiger partial charge in [-0.05, 0) is 73.5 Å². The fourth-order valence-corrected chi connectivity index (χ4v) is 5.11. The molecule has 0 bridgehead atoms. The van der Waals surface area contributed by atoms with Crippen molar-refractivity contribution in [2.75, 3.05) is 25.1 Å². The van der Waals surface area contributed by atoms with Gasteiger partial charge in [-0.3, -0.25) is 10.9 Å². The molecular formula is C30H28N6O2S2. The van der Waals surface area contributed by atoms with Gasteiger partial charge in [0.05, 0.1) is 37.0 Å². The average molecular weight is 569 g/mol. The fourth-order valence-electron chi connectivity index (χ4n) is 3.78. The van der Waals surface area contributed by atoms with Gasteiger partial charge in [-0.2, -0.15) is 10.2 Å². The molecule has 40 heavy (non-hydrogen) atoms. The van der Waals surface area contributed by atoms with Gasteiger partial charge in [0.25, 0.3) is 0 Å². The van der Waals surface area contributed by atoms with Crippen molar-refractivity contribution < 1.29 is 9.47 Å². The van der Waals surface area contributed by atoms with Crippen molar-refractivity contribution in [1.29, 1.82) is 0 Å². The van der Waals surface area contributed by atoms with Crippen LogP contribution in [0, 0.1) is 0 Å². The smallest absolute Gasteiger partial charge is 0.203 e. The Bertz CT molecular complexity index is 1500. The van der Waals surface area contributed by atoms with Crippen molar-refractivity contribution in [2.24, 2.45) is 10.2 Å². The quantitative estimate of drug-likeness (QED) is 0.133. The van der Waals surface area contributed by atoms with Crippen LogP contribution in [0.2, 0.25) is 0 Å². The van der Waals surface area contributed by atoms with E-state index in [1.807, 2.05) is 73.1 Å². The monoisotopic (exact) mass is 568 g/mol. The minimum absolute atomic E-state index is 0.729. The van der Waals surface area contributed by atoms with Gasteiger partial charge in [0.1, 0.15) is 11.5 Å². The Kier molecular flexibility index (Phi) is 8.48. The zero-order valence-corrected chi connectivity index (χ0v) is 24.1. The van der Waals surface area contributed by atoms with Gasteiger partial charge in [-0.15, -0.1) is 22.7 Å². The second kappa shape index (κ2) is 12.5. The number of ether oxygens (including phenoxy) is 2. The number of methoxy groups -OCH3 is 2. The molecule has 0 spiro atoms. The van der Waals surface area contributed by atoms with E-state index >= 15 is 0 Å². The van der Waals surface area contributed by atoms with Crippen LogP contribution in [0.5, 0.6) is 11.5 Å². The molecule has 2 aromatic heterocycles. The number of thiazole rings is 2. The molecular weight excluding hydrogens is 541 g/mol. The third-order valence-corrected chi connectivity index (χ3v) is 7.63. The molecule has 0 saturated carbocycles. The predicted molar refractivity (Wildman–Crippen MR) is 166 cm³/mol. The largest absolute Gasteiger partial charge is 0.497 e. The molecule has 0 radical (unpaired) electrons. The molecule has 10 heteroatoms. The Morgan fingerprint density at radius 2 is 0.975 bits per heavy atom. The predicted octanol–water partition coefficient (Wildman–Crippen LogP) is 7.62. The van der Waals surface area contributed by atoms with Gasteiger partial charge in [-0.1, -0.05) is 24.3 Å². The zero-order valence-electron chi connectivity index (χ0n) is 22.5. The number of hydrogen-bond acceptors (Lipinski definition) is 10. The van der Waals surface area contributed by atoms with Gasteiger partial charge in [0.15, 0.2) is 0 Å². The first-order chi connectivity index (χ1) is 19.5. The van der Waals surface area contributed by atoms with Crippen molar-refractivity contribution in [2.45, 2.75) is 13.8 Å². The molecule has 202 valence electrons. The van der Waals surface area contributed by atoms with Crippen LogP contribution in [0.3, 0.4) is 0 Å². The normalized spacial score (nSPS) is 11.8. The number of anilines is 2. The molecule has 5 aromatic rings. The molecule has 0 unspecified atom stereocenters. The van der Waals surface area contributed by atoms with Gasteiger partial charge in [-0.25, -0.2) is 9.97 Å². The fraction of sp³-hybridized carbons (Fsp3) is 0.133. The minimum Gasteiger partial charge on any atom is -0.497 e. The number of rotatable bonds is 10. The van der Waals surface area contributed by atoms with Crippen LogP contribution in [-0.2, 0) is 0 Å². The lowest BCUT2D eigenvalue weighted by molar-refractivity contribution is 0.414. The highest BCUT2D eigenvalue weighted by atomic mass is 32.1. The summed E-state index contributed by atoms with van der Waals surface area (Å²) in [7, 11) is 3.31. The van der Waals surface area contributed by atoms with Crippen LogP contribution in [0.25, 0.3) is 22.5 Å². The first-order valence-electron chi connectivity index (χ1n) is 12.4. The zero-order chi connectivity index (χ0) is 27.9. The van der Waals surface area contributed by atoms with E-state index in [1.54, 1.807) is 14.2 Å². The van der Waals surface area contributed by atoms with E-state index in [2.05, 4.69) is 45.3 Å². The third-order valence-electron chi connectivity index (χ3n) is 6.14. The Balaban J connectivity index is 1.20. The van der Waals surface area contributed by atoms with E-state index in [1.165, 1.54) is 22.7 Å². The highest BCUT2D eigenvalue weighted by Gasteiger charge is 2.08. The summed E-state index contributed by atoms with van der Waals surface area (Å²) in [6.45, 7) is 3.91. The number of nitrogens with zero attached hydrogens (tertiary/aromatic N) is 4. The number of benzene rings is 3. The Morgan fingerprint density at radius 1 is 0.600 bits per heavy atom. The standard InChI is InChI=1S/C30H28N6O2S2/c1-19(21-9-13-25(37-3)14-10-21)33-35-29-31-27(17-39-29)23-5-7-24(8-6-23)28-18-40-30(32-28)36-34-20(2)22-11-15-26(38-4)16-12-22/h5-18H,1-4H3,(H,31,35)(H,32,36)/b33-19+,34-20+. The summed E-state index contributed by atoms with van der Waals surface area (Å²) in [5.74, 6) is 1.63. The second-order valence-electron chi connectivity index (χ2n) is 8.73. The highest BCUT2D eigenvalue weighted by molar-refractivity contribution is 7.14. The summed E-state index contributed by atoms with van der Waals surface area (Å²) in [4.78, 5) is 9.38. The van der Waals surface area contributed by atoms with Crippen LogP contribution in [0.15, 0.2) is 93.8 Å². The lowest BCUT2D eigenvalue weighted by Crippen LogP contribution is -1.99. The van der Waals surface area contributed by atoms with Crippen LogP contribution < -0.4 is 20.3 Å². The molecule has 0 aliphatic heterocycles. The van der Waals surface area contributed by atoms with Gasteiger partial charge < -0.3 is 9.47 Å². The first-order valence-corrected chi connectivity index (χ1v) is 14.2. The third kappa shape index (κ3) is 6.53. The van der Waals surface area contributed by atoms with E-state index in [4.69, 9.17) is 19.4 Å². The van der Waals surface area contributed by atoms with E-state index in [0.29, 0.717) is 0 Å². The van der Waals surface area contributed by atoms with Gasteiger partial charge in [0, 0.05) is 21.9 Å². The average Bonchev–Trinajstić information content (AvgIpc) is 3.69. The summed E-state index contributed by atoms with van der Waals surface area (Å²) >= 11 is 3.02. The lowest BCUT2D eigenvalue weighted by Gasteiger charge is -2.03. The van der Waals surface area contributed by atoms with Gasteiger partial charge in [0.2, 0.25) is 10.3 Å². The van der Waals surface area contributed by atoms with Crippen molar-refractivity contribution >= 4 is 44.4 Å². The van der Waals surface area contributed by atoms with E-state index in [9.17, 15) is 0 Å². The molecule has 2 heterocycles. The minimum atomic E-state index is 0.729. The van der Waals surface area contributed by atoms with Crippen molar-refractivity contribution in [3.8, 4) is 34.0 Å². The number of hydrogen-bond donors (Lipinski definition) is 2. The summed E-state index contributed by atoms with van der Waals surface area (Å²) in [5, 5.41) is 14.5. The molecule has 0 aliphatic carbocycles. The highest BCUT2D eigenvalue weighted by Crippen LogP contribution is 2.29. The van der Waals surface area contributed by atoms with Crippen LogP contribution in [-0.4, -0.2) is 35.6 Å². The lowest BCUT2D eigenvalue weighted by atomic mass is 10.1. The van der Waals surface area contributed by atoms with Crippen molar-refractivity contribution in [1.82, 2.24) is 9.97 Å². The van der Waals surface area contributed by atoms with E-state index in [-0.39, 0.29) is 0 Å². The summed E-state index contributed by atoms with van der Waals surface area (Å²) in [5.41, 5.74) is 13.7. The van der Waals surface area contributed by atoms with Crippen LogP contribution in [0.4, 0.5) is 10.3 Å². The first kappa shape index (κ1) is 27.0. The molecule has 0 atom stereocenters. The number of nitrogens with one attached hydrogen (secondary N) is 2. The van der Waals surface area contributed by atoms with Crippen LogP contribution in [0.1, 0.15) is 25.0 Å². The van der Waals surface area contributed by atoms with Gasteiger partial charge >= 0.3 is 0 Å². The Morgan fingerprint density at radius 3 is 1.32 bits per heavy atom. The SMILES string of the molecule is COc1ccc(/C(C)=N/Nc2nc(-c3ccc(-c4csc(N/N=C(\C)c5ccc(OC)cc5)n4)cc3)cs2)cc1. The maximum absolute atomic E-state index is 5.22. The maximum atomic E-state index is 5.22. The molecule has 0 fully saturated rings. The molecule has 0 saturated heterocycles.